The van der Waals surface area contributed by atoms with Gasteiger partial charge in [-0.25, -0.2) is 0 Å². The first-order valence-electron chi connectivity index (χ1n) is 5.45. The van der Waals surface area contributed by atoms with Crippen molar-refractivity contribution in [1.82, 2.24) is 4.57 Å². The molecule has 1 heterocycles. The molecule has 0 fully saturated rings. The number of nitro groups is 1. The molecule has 1 aromatic carbocycles. The summed E-state index contributed by atoms with van der Waals surface area (Å²) in [6.45, 7) is 5.60. The average Bonchev–Trinajstić information content (AvgIpc) is 2.60. The van der Waals surface area contributed by atoms with Gasteiger partial charge in [-0.1, -0.05) is 6.58 Å². The molecule has 2 rings (SSSR count). The number of rotatable bonds is 3. The lowest BCUT2D eigenvalue weighted by Gasteiger charge is -2.03. The van der Waals surface area contributed by atoms with E-state index in [0.717, 1.165) is 16.8 Å². The minimum atomic E-state index is -0.402. The average molecular weight is 246 g/mol. The van der Waals surface area contributed by atoms with Gasteiger partial charge in [-0.05, 0) is 30.7 Å². The number of aromatic nitrogens is 1. The van der Waals surface area contributed by atoms with Crippen LogP contribution in [0.1, 0.15) is 11.3 Å². The van der Waals surface area contributed by atoms with E-state index in [-0.39, 0.29) is 11.4 Å². The fourth-order valence-electron chi connectivity index (χ4n) is 2.36. The SMILES string of the molecule is C=Cc1c(C)c2c([N+](=O)[O-])c(OC)ccc2n1C. The Balaban J connectivity index is 3.01. The summed E-state index contributed by atoms with van der Waals surface area (Å²) in [7, 11) is 3.30. The maximum Gasteiger partial charge on any atom is 0.320 e. The number of nitro benzene ring substituents is 1. The van der Waals surface area contributed by atoms with Gasteiger partial charge in [0, 0.05) is 12.7 Å². The van der Waals surface area contributed by atoms with Gasteiger partial charge in [0.2, 0.25) is 0 Å². The number of fused-ring (bicyclic) bond motifs is 1. The zero-order chi connectivity index (χ0) is 13.4. The van der Waals surface area contributed by atoms with E-state index in [9.17, 15) is 10.1 Å². The lowest BCUT2D eigenvalue weighted by molar-refractivity contribution is -0.384. The molecule has 0 aliphatic heterocycles. The summed E-state index contributed by atoms with van der Waals surface area (Å²) in [4.78, 5) is 10.8. The van der Waals surface area contributed by atoms with Crippen molar-refractivity contribution in [3.63, 3.8) is 0 Å². The minimum absolute atomic E-state index is 0.0104. The molecule has 0 aliphatic rings. The Morgan fingerprint density at radius 2 is 2.17 bits per heavy atom. The van der Waals surface area contributed by atoms with Crippen LogP contribution in [0.4, 0.5) is 5.69 Å². The highest BCUT2D eigenvalue weighted by molar-refractivity contribution is 5.97. The van der Waals surface area contributed by atoms with E-state index >= 15 is 0 Å². The number of methoxy groups -OCH3 is 1. The molecule has 0 spiro atoms. The standard InChI is InChI=1S/C13H14N2O3/c1-5-9-8(2)12-10(14(9)3)6-7-11(18-4)13(12)15(16)17/h5-7H,1H2,2-4H3. The lowest BCUT2D eigenvalue weighted by Crippen LogP contribution is -1.95. The molecular formula is C13H14N2O3. The highest BCUT2D eigenvalue weighted by Crippen LogP contribution is 2.39. The van der Waals surface area contributed by atoms with Crippen molar-refractivity contribution in [3.05, 3.63) is 40.1 Å². The Bertz CT molecular complexity index is 656. The number of hydrogen-bond acceptors (Lipinski definition) is 3. The second-order valence-corrected chi connectivity index (χ2v) is 4.04. The largest absolute Gasteiger partial charge is 0.490 e. The lowest BCUT2D eigenvalue weighted by atomic mass is 10.1. The zero-order valence-electron chi connectivity index (χ0n) is 10.6. The van der Waals surface area contributed by atoms with Gasteiger partial charge in [0.1, 0.15) is 0 Å². The van der Waals surface area contributed by atoms with E-state index < -0.39 is 4.92 Å². The summed E-state index contributed by atoms with van der Waals surface area (Å²) in [5, 5.41) is 11.9. The quantitative estimate of drug-likeness (QED) is 0.617. The van der Waals surface area contributed by atoms with Crippen LogP contribution in [0.2, 0.25) is 0 Å². The summed E-state index contributed by atoms with van der Waals surface area (Å²) in [5.74, 6) is 0.275. The van der Waals surface area contributed by atoms with Crippen molar-refractivity contribution in [2.75, 3.05) is 7.11 Å². The molecule has 1 aromatic heterocycles. The van der Waals surface area contributed by atoms with Crippen LogP contribution in [0.25, 0.3) is 17.0 Å². The van der Waals surface area contributed by atoms with Crippen molar-refractivity contribution in [1.29, 1.82) is 0 Å². The Kier molecular flexibility index (Phi) is 2.82. The maximum atomic E-state index is 11.2. The van der Waals surface area contributed by atoms with E-state index in [4.69, 9.17) is 4.74 Å². The van der Waals surface area contributed by atoms with E-state index in [2.05, 4.69) is 6.58 Å². The Morgan fingerprint density at radius 3 is 2.67 bits per heavy atom. The molecule has 5 heteroatoms. The van der Waals surface area contributed by atoms with Gasteiger partial charge in [-0.2, -0.15) is 0 Å². The third kappa shape index (κ3) is 1.48. The van der Waals surface area contributed by atoms with Crippen LogP contribution < -0.4 is 4.74 Å². The number of hydrogen-bond donors (Lipinski definition) is 0. The second-order valence-electron chi connectivity index (χ2n) is 4.04. The summed E-state index contributed by atoms with van der Waals surface area (Å²) in [6, 6.07) is 3.44. The molecule has 0 amide bonds. The zero-order valence-corrected chi connectivity index (χ0v) is 10.6. The van der Waals surface area contributed by atoms with E-state index in [1.54, 1.807) is 12.1 Å². The number of benzene rings is 1. The third-order valence-corrected chi connectivity index (χ3v) is 3.20. The fourth-order valence-corrected chi connectivity index (χ4v) is 2.36. The topological polar surface area (TPSA) is 57.3 Å². The maximum absolute atomic E-state index is 11.2. The number of ether oxygens (including phenoxy) is 1. The predicted octanol–water partition coefficient (Wildman–Crippen LogP) is 3.05. The second kappa shape index (κ2) is 4.18. The van der Waals surface area contributed by atoms with Gasteiger partial charge < -0.3 is 9.30 Å². The molecule has 0 unspecified atom stereocenters. The van der Waals surface area contributed by atoms with Gasteiger partial charge in [0.05, 0.1) is 22.9 Å². The van der Waals surface area contributed by atoms with Crippen LogP contribution in [0.15, 0.2) is 18.7 Å². The fraction of sp³-hybridized carbons (Fsp3) is 0.231. The van der Waals surface area contributed by atoms with Crippen LogP contribution in [0.5, 0.6) is 5.75 Å². The van der Waals surface area contributed by atoms with Crippen molar-refractivity contribution in [3.8, 4) is 5.75 Å². The van der Waals surface area contributed by atoms with E-state index in [0.29, 0.717) is 5.39 Å². The molecule has 0 N–H and O–H groups in total. The van der Waals surface area contributed by atoms with Gasteiger partial charge in [-0.15, -0.1) is 0 Å². The van der Waals surface area contributed by atoms with Crippen molar-refractivity contribution >= 4 is 22.7 Å². The summed E-state index contributed by atoms with van der Waals surface area (Å²) in [5.41, 5.74) is 2.53. The molecule has 18 heavy (non-hydrogen) atoms. The van der Waals surface area contributed by atoms with Crippen LogP contribution in [0, 0.1) is 17.0 Å². The predicted molar refractivity (Wildman–Crippen MR) is 71.0 cm³/mol. The molecular weight excluding hydrogens is 232 g/mol. The van der Waals surface area contributed by atoms with Crippen molar-refractivity contribution in [2.45, 2.75) is 6.92 Å². The van der Waals surface area contributed by atoms with Gasteiger partial charge in [0.15, 0.2) is 5.75 Å². The molecule has 0 atom stereocenters. The first-order valence-corrected chi connectivity index (χ1v) is 5.45. The van der Waals surface area contributed by atoms with Crippen LogP contribution in [0.3, 0.4) is 0 Å². The summed E-state index contributed by atoms with van der Waals surface area (Å²) in [6.07, 6.45) is 1.70. The van der Waals surface area contributed by atoms with Crippen molar-refractivity contribution in [2.24, 2.45) is 7.05 Å². The molecule has 94 valence electrons. The first kappa shape index (κ1) is 12.2. The molecule has 2 aromatic rings. The monoisotopic (exact) mass is 246 g/mol. The van der Waals surface area contributed by atoms with Crippen LogP contribution >= 0.6 is 0 Å². The van der Waals surface area contributed by atoms with Gasteiger partial charge in [0.25, 0.3) is 0 Å². The molecule has 0 radical (unpaired) electrons. The normalized spacial score (nSPS) is 10.6. The molecule has 5 nitrogen and oxygen atoms in total. The molecule has 0 bridgehead atoms. The number of nitrogens with zero attached hydrogens (tertiary/aromatic N) is 2. The highest BCUT2D eigenvalue weighted by atomic mass is 16.6. The summed E-state index contributed by atoms with van der Waals surface area (Å²) < 4.78 is 6.97. The molecule has 0 saturated carbocycles. The first-order chi connectivity index (χ1) is 8.52. The van der Waals surface area contributed by atoms with E-state index in [1.165, 1.54) is 7.11 Å². The Morgan fingerprint density at radius 1 is 1.50 bits per heavy atom. The third-order valence-electron chi connectivity index (χ3n) is 3.20. The molecule has 0 aliphatic carbocycles. The smallest absolute Gasteiger partial charge is 0.320 e. The van der Waals surface area contributed by atoms with Gasteiger partial charge >= 0.3 is 5.69 Å². The summed E-state index contributed by atoms with van der Waals surface area (Å²) >= 11 is 0. The van der Waals surface area contributed by atoms with Crippen LogP contribution in [-0.2, 0) is 7.05 Å². The Labute approximate surface area is 104 Å². The van der Waals surface area contributed by atoms with Crippen molar-refractivity contribution < 1.29 is 9.66 Å². The highest BCUT2D eigenvalue weighted by Gasteiger charge is 2.24. The minimum Gasteiger partial charge on any atom is -0.490 e. The van der Waals surface area contributed by atoms with Gasteiger partial charge in [-0.3, -0.25) is 10.1 Å². The number of aryl methyl sites for hydroxylation is 2. The molecule has 0 saturated heterocycles. The Hall–Kier alpha value is -2.30. The van der Waals surface area contributed by atoms with E-state index in [1.807, 2.05) is 24.6 Å². The van der Waals surface area contributed by atoms with Crippen LogP contribution in [-0.4, -0.2) is 16.6 Å².